The van der Waals surface area contributed by atoms with Crippen molar-refractivity contribution in [3.8, 4) is 0 Å². The molecular formula is C26H30N4O3. The van der Waals surface area contributed by atoms with Gasteiger partial charge >= 0.3 is 0 Å². The van der Waals surface area contributed by atoms with Gasteiger partial charge in [-0.25, -0.2) is 0 Å². The van der Waals surface area contributed by atoms with E-state index in [1.54, 1.807) is 24.3 Å². The summed E-state index contributed by atoms with van der Waals surface area (Å²) in [4.78, 5) is 41.3. The van der Waals surface area contributed by atoms with Crippen LogP contribution < -0.4 is 15.5 Å². The van der Waals surface area contributed by atoms with Crippen LogP contribution in [0.2, 0.25) is 0 Å². The third-order valence-corrected chi connectivity index (χ3v) is 5.97. The molecule has 0 saturated carbocycles. The van der Waals surface area contributed by atoms with Crippen molar-refractivity contribution in [3.63, 3.8) is 0 Å². The average Bonchev–Trinajstić information content (AvgIpc) is 3.05. The standard InChI is InChI=1S/C26H30N4O3/c1-3-15-30-25(32)23(19-7-9-20(10-8-19)27-18(2)31)24(26(30)33)28-21-11-13-22(14-12-21)29-16-5-4-6-17-29/h7-14,28H,3-6,15-17H2,1-2H3,(H,27,31). The minimum atomic E-state index is -0.317. The summed E-state index contributed by atoms with van der Waals surface area (Å²) >= 11 is 0. The zero-order valence-electron chi connectivity index (χ0n) is 19.2. The van der Waals surface area contributed by atoms with Crippen LogP contribution in [0.3, 0.4) is 0 Å². The van der Waals surface area contributed by atoms with E-state index in [1.807, 2.05) is 19.1 Å². The van der Waals surface area contributed by atoms with Crippen molar-refractivity contribution in [2.75, 3.05) is 35.2 Å². The number of anilines is 3. The fourth-order valence-electron chi connectivity index (χ4n) is 4.36. The summed E-state index contributed by atoms with van der Waals surface area (Å²) in [7, 11) is 0. The molecule has 4 rings (SSSR count). The minimum Gasteiger partial charge on any atom is -0.372 e. The summed E-state index contributed by atoms with van der Waals surface area (Å²) in [6, 6.07) is 15.0. The van der Waals surface area contributed by atoms with E-state index in [2.05, 4.69) is 27.7 Å². The molecule has 0 spiro atoms. The van der Waals surface area contributed by atoms with Crippen LogP contribution in [0.4, 0.5) is 17.1 Å². The lowest BCUT2D eigenvalue weighted by Gasteiger charge is -2.28. The maximum atomic E-state index is 13.2. The van der Waals surface area contributed by atoms with Gasteiger partial charge in [-0.1, -0.05) is 19.1 Å². The molecule has 7 nitrogen and oxygen atoms in total. The summed E-state index contributed by atoms with van der Waals surface area (Å²) in [5.74, 6) is -0.789. The lowest BCUT2D eigenvalue weighted by atomic mass is 10.0. The molecule has 1 saturated heterocycles. The van der Waals surface area contributed by atoms with Crippen molar-refractivity contribution in [2.24, 2.45) is 0 Å². The largest absolute Gasteiger partial charge is 0.372 e. The number of rotatable bonds is 7. The van der Waals surface area contributed by atoms with E-state index in [4.69, 9.17) is 0 Å². The zero-order chi connectivity index (χ0) is 23.4. The van der Waals surface area contributed by atoms with E-state index < -0.39 is 0 Å². The minimum absolute atomic E-state index is 0.168. The fourth-order valence-corrected chi connectivity index (χ4v) is 4.36. The molecule has 2 aliphatic heterocycles. The molecule has 2 aliphatic rings. The summed E-state index contributed by atoms with van der Waals surface area (Å²) in [6.07, 6.45) is 4.38. The molecule has 0 aliphatic carbocycles. The first-order valence-electron chi connectivity index (χ1n) is 11.6. The Morgan fingerprint density at radius 3 is 2.12 bits per heavy atom. The van der Waals surface area contributed by atoms with Crippen LogP contribution in [0.5, 0.6) is 0 Å². The number of nitrogens with zero attached hydrogens (tertiary/aromatic N) is 2. The Bertz CT molecular complexity index is 1070. The van der Waals surface area contributed by atoms with Crippen LogP contribution in [0, 0.1) is 0 Å². The van der Waals surface area contributed by atoms with E-state index >= 15 is 0 Å². The molecule has 0 atom stereocenters. The Labute approximate surface area is 194 Å². The Morgan fingerprint density at radius 1 is 0.879 bits per heavy atom. The smallest absolute Gasteiger partial charge is 0.278 e. The molecule has 0 bridgehead atoms. The highest BCUT2D eigenvalue weighted by atomic mass is 16.2. The number of carbonyl (C=O) groups is 3. The summed E-state index contributed by atoms with van der Waals surface area (Å²) in [5.41, 5.74) is 3.83. The molecule has 2 N–H and O–H groups in total. The van der Waals surface area contributed by atoms with Gasteiger partial charge in [0.25, 0.3) is 11.8 Å². The number of carbonyl (C=O) groups excluding carboxylic acids is 3. The molecule has 0 unspecified atom stereocenters. The monoisotopic (exact) mass is 446 g/mol. The second-order valence-electron chi connectivity index (χ2n) is 8.49. The van der Waals surface area contributed by atoms with E-state index in [1.165, 1.54) is 36.8 Å². The van der Waals surface area contributed by atoms with Crippen molar-refractivity contribution in [3.05, 3.63) is 59.8 Å². The van der Waals surface area contributed by atoms with Crippen molar-refractivity contribution >= 4 is 40.4 Å². The van der Waals surface area contributed by atoms with Crippen LogP contribution in [0.1, 0.15) is 45.1 Å². The summed E-state index contributed by atoms with van der Waals surface area (Å²) < 4.78 is 0. The van der Waals surface area contributed by atoms with Gasteiger partial charge in [-0.15, -0.1) is 0 Å². The Kier molecular flexibility index (Phi) is 6.77. The lowest BCUT2D eigenvalue weighted by Crippen LogP contribution is -2.33. The van der Waals surface area contributed by atoms with Gasteiger partial charge in [-0.05, 0) is 67.6 Å². The summed E-state index contributed by atoms with van der Waals surface area (Å²) in [5, 5.41) is 5.93. The first kappa shape index (κ1) is 22.6. The molecule has 1 fully saturated rings. The third kappa shape index (κ3) is 4.92. The van der Waals surface area contributed by atoms with Gasteiger partial charge in [0.1, 0.15) is 5.70 Å². The van der Waals surface area contributed by atoms with Crippen molar-refractivity contribution < 1.29 is 14.4 Å². The van der Waals surface area contributed by atoms with Crippen molar-refractivity contribution in [1.29, 1.82) is 0 Å². The normalized spacial score (nSPS) is 16.4. The van der Waals surface area contributed by atoms with Crippen LogP contribution in [0.25, 0.3) is 5.57 Å². The third-order valence-electron chi connectivity index (χ3n) is 5.97. The first-order chi connectivity index (χ1) is 16.0. The molecule has 0 aromatic heterocycles. The van der Waals surface area contributed by atoms with E-state index in [0.717, 1.165) is 18.8 Å². The first-order valence-corrected chi connectivity index (χ1v) is 11.6. The molecule has 7 heteroatoms. The number of nitrogens with one attached hydrogen (secondary N) is 2. The molecule has 0 radical (unpaired) electrons. The van der Waals surface area contributed by atoms with Crippen LogP contribution in [-0.4, -0.2) is 42.3 Å². The molecule has 3 amide bonds. The number of hydrogen-bond donors (Lipinski definition) is 2. The van der Waals surface area contributed by atoms with Crippen LogP contribution >= 0.6 is 0 Å². The van der Waals surface area contributed by atoms with Gasteiger partial charge in [-0.3, -0.25) is 19.3 Å². The predicted molar refractivity (Wildman–Crippen MR) is 131 cm³/mol. The van der Waals surface area contributed by atoms with Gasteiger partial charge < -0.3 is 15.5 Å². The second-order valence-corrected chi connectivity index (χ2v) is 8.49. The molecule has 33 heavy (non-hydrogen) atoms. The highest BCUT2D eigenvalue weighted by Gasteiger charge is 2.38. The SMILES string of the molecule is CCCN1C(=O)C(Nc2ccc(N3CCCCC3)cc2)=C(c2ccc(NC(C)=O)cc2)C1=O. The van der Waals surface area contributed by atoms with E-state index in [9.17, 15) is 14.4 Å². The van der Waals surface area contributed by atoms with Gasteiger partial charge in [0, 0.05) is 43.6 Å². The highest BCUT2D eigenvalue weighted by molar-refractivity contribution is 6.36. The summed E-state index contributed by atoms with van der Waals surface area (Å²) in [6.45, 7) is 5.87. The molecule has 2 heterocycles. The Morgan fingerprint density at radius 2 is 1.52 bits per heavy atom. The number of amides is 3. The molecule has 2 aromatic rings. The van der Waals surface area contributed by atoms with E-state index in [0.29, 0.717) is 29.8 Å². The average molecular weight is 447 g/mol. The number of piperidine rings is 1. The number of benzene rings is 2. The zero-order valence-corrected chi connectivity index (χ0v) is 19.2. The van der Waals surface area contributed by atoms with Crippen LogP contribution in [-0.2, 0) is 14.4 Å². The number of hydrogen-bond acceptors (Lipinski definition) is 5. The maximum Gasteiger partial charge on any atom is 0.278 e. The second kappa shape index (κ2) is 9.90. The topological polar surface area (TPSA) is 81.8 Å². The number of imide groups is 1. The fraction of sp³-hybridized carbons (Fsp3) is 0.346. The van der Waals surface area contributed by atoms with Gasteiger partial charge in [0.2, 0.25) is 5.91 Å². The highest BCUT2D eigenvalue weighted by Crippen LogP contribution is 2.32. The van der Waals surface area contributed by atoms with Gasteiger partial charge in [0.15, 0.2) is 0 Å². The Balaban J connectivity index is 1.62. The molecular weight excluding hydrogens is 416 g/mol. The predicted octanol–water partition coefficient (Wildman–Crippen LogP) is 4.24. The van der Waals surface area contributed by atoms with Crippen molar-refractivity contribution in [1.82, 2.24) is 4.90 Å². The van der Waals surface area contributed by atoms with Gasteiger partial charge in [-0.2, -0.15) is 0 Å². The Hall–Kier alpha value is -3.61. The molecule has 2 aromatic carbocycles. The maximum absolute atomic E-state index is 13.2. The van der Waals surface area contributed by atoms with Crippen molar-refractivity contribution in [2.45, 2.75) is 39.5 Å². The molecule has 172 valence electrons. The van der Waals surface area contributed by atoms with Crippen LogP contribution in [0.15, 0.2) is 54.2 Å². The quantitative estimate of drug-likeness (QED) is 0.622. The lowest BCUT2D eigenvalue weighted by molar-refractivity contribution is -0.136. The van der Waals surface area contributed by atoms with Gasteiger partial charge in [0.05, 0.1) is 5.57 Å². The van der Waals surface area contributed by atoms with E-state index in [-0.39, 0.29) is 23.4 Å².